The number of carbonyl (C=O) groups is 1. The van der Waals surface area contributed by atoms with Gasteiger partial charge in [0, 0.05) is 23.2 Å². The number of carbonyl (C=O) groups excluding carboxylic acids is 1. The summed E-state index contributed by atoms with van der Waals surface area (Å²) in [5, 5.41) is 13.8. The Morgan fingerprint density at radius 2 is 2.38 bits per heavy atom. The van der Waals surface area contributed by atoms with Crippen LogP contribution in [0.4, 0.5) is 5.82 Å². The van der Waals surface area contributed by atoms with Crippen LogP contribution in [0.2, 0.25) is 0 Å². The van der Waals surface area contributed by atoms with E-state index in [0.717, 1.165) is 30.7 Å². The molecule has 1 aliphatic rings. The van der Waals surface area contributed by atoms with E-state index in [1.165, 1.54) is 0 Å². The van der Waals surface area contributed by atoms with Crippen LogP contribution in [0.5, 0.6) is 0 Å². The molecule has 0 aromatic carbocycles. The maximum absolute atomic E-state index is 11.9. The van der Waals surface area contributed by atoms with Gasteiger partial charge in [-0.3, -0.25) is 9.89 Å². The van der Waals surface area contributed by atoms with Gasteiger partial charge in [0.1, 0.15) is 5.76 Å². The second-order valence-corrected chi connectivity index (χ2v) is 5.92. The molecule has 6 nitrogen and oxygen atoms in total. The maximum Gasteiger partial charge on any atom is 0.233 e. The second kappa shape index (κ2) is 5.35. The van der Waals surface area contributed by atoms with Gasteiger partial charge >= 0.3 is 0 Å². The fraction of sp³-hybridized carbons (Fsp3) is 0.467. The van der Waals surface area contributed by atoms with Crippen molar-refractivity contribution >= 4 is 11.7 Å². The fourth-order valence-electron chi connectivity index (χ4n) is 2.73. The third-order valence-corrected chi connectivity index (χ3v) is 4.00. The van der Waals surface area contributed by atoms with Crippen LogP contribution in [0.25, 0.3) is 0 Å². The van der Waals surface area contributed by atoms with Gasteiger partial charge < -0.3 is 9.84 Å². The van der Waals surface area contributed by atoms with Crippen LogP contribution in [0.1, 0.15) is 43.3 Å². The summed E-state index contributed by atoms with van der Waals surface area (Å²) in [5.41, 5.74) is 1.95. The summed E-state index contributed by atoms with van der Waals surface area (Å²) < 4.78 is 5.03. The molecule has 0 saturated heterocycles. The Bertz CT molecular complexity index is 638. The zero-order valence-electron chi connectivity index (χ0n) is 12.3. The van der Waals surface area contributed by atoms with E-state index in [2.05, 4.69) is 34.0 Å². The number of nitrogens with zero attached hydrogens (tertiary/aromatic N) is 2. The van der Waals surface area contributed by atoms with E-state index >= 15 is 0 Å². The van der Waals surface area contributed by atoms with Gasteiger partial charge in [-0.25, -0.2) is 0 Å². The van der Waals surface area contributed by atoms with Gasteiger partial charge in [-0.05, 0) is 32.6 Å². The largest absolute Gasteiger partial charge is 0.361 e. The molecule has 2 N–H and O–H groups in total. The third-order valence-electron chi connectivity index (χ3n) is 4.00. The monoisotopic (exact) mass is 287 g/mol. The lowest BCUT2D eigenvalue weighted by Gasteiger charge is -2.20. The standard InChI is InChI=1S/C15H19N4O2/c1-10-7-11(21-19-10)8-14(20)16-13-9-12(17-18-13)15(2)5-3-4-6-15/h3,7,9H,4-6,8H2,1-2H3,(H2,16,17,18,20)/t15-/m0/s1. The van der Waals surface area contributed by atoms with Gasteiger partial charge in [-0.15, -0.1) is 0 Å². The molecule has 111 valence electrons. The molecule has 0 bridgehead atoms. The molecule has 1 atom stereocenters. The summed E-state index contributed by atoms with van der Waals surface area (Å²) in [6.45, 7) is 4.04. The zero-order chi connectivity index (χ0) is 14.9. The minimum absolute atomic E-state index is 0.109. The van der Waals surface area contributed by atoms with Crippen molar-refractivity contribution in [1.82, 2.24) is 15.4 Å². The van der Waals surface area contributed by atoms with Gasteiger partial charge in [0.2, 0.25) is 5.91 Å². The molecule has 0 aliphatic heterocycles. The quantitative estimate of drug-likeness (QED) is 0.905. The number of nitrogens with one attached hydrogen (secondary N) is 2. The normalized spacial score (nSPS) is 17.0. The Morgan fingerprint density at radius 1 is 1.52 bits per heavy atom. The molecular formula is C15H19N4O2. The van der Waals surface area contributed by atoms with E-state index in [1.54, 1.807) is 6.07 Å². The number of anilines is 1. The molecular weight excluding hydrogens is 268 g/mol. The molecule has 1 amide bonds. The first-order valence-electron chi connectivity index (χ1n) is 7.15. The van der Waals surface area contributed by atoms with Crippen molar-refractivity contribution in [2.75, 3.05) is 5.32 Å². The molecule has 3 rings (SSSR count). The first-order valence-corrected chi connectivity index (χ1v) is 7.15. The van der Waals surface area contributed by atoms with E-state index in [-0.39, 0.29) is 17.7 Å². The Labute approximate surface area is 123 Å². The van der Waals surface area contributed by atoms with Gasteiger partial charge in [0.05, 0.1) is 12.1 Å². The molecule has 2 aromatic rings. The van der Waals surface area contributed by atoms with Crippen LogP contribution in [-0.4, -0.2) is 21.3 Å². The van der Waals surface area contributed by atoms with Gasteiger partial charge in [0.25, 0.3) is 0 Å². The summed E-state index contributed by atoms with van der Waals surface area (Å²) in [4.78, 5) is 11.9. The predicted octanol–water partition coefficient (Wildman–Crippen LogP) is 2.53. The lowest BCUT2D eigenvalue weighted by Crippen LogP contribution is -2.17. The lowest BCUT2D eigenvalue weighted by molar-refractivity contribution is -0.115. The summed E-state index contributed by atoms with van der Waals surface area (Å²) >= 11 is 0. The van der Waals surface area contributed by atoms with Crippen molar-refractivity contribution in [3.8, 4) is 0 Å². The van der Waals surface area contributed by atoms with Crippen molar-refractivity contribution < 1.29 is 9.32 Å². The summed E-state index contributed by atoms with van der Waals surface area (Å²) in [5.74, 6) is 0.949. The molecule has 1 saturated carbocycles. The Kier molecular flexibility index (Phi) is 3.53. The number of H-pyrrole nitrogens is 1. The van der Waals surface area contributed by atoms with Crippen molar-refractivity contribution in [3.05, 3.63) is 35.7 Å². The smallest absolute Gasteiger partial charge is 0.233 e. The predicted molar refractivity (Wildman–Crippen MR) is 77.7 cm³/mol. The number of rotatable bonds is 4. The van der Waals surface area contributed by atoms with Crippen LogP contribution in [-0.2, 0) is 16.6 Å². The molecule has 2 aromatic heterocycles. The van der Waals surface area contributed by atoms with Crippen molar-refractivity contribution in [2.24, 2.45) is 0 Å². The number of aromatic amines is 1. The molecule has 1 fully saturated rings. The lowest BCUT2D eigenvalue weighted by atomic mass is 9.85. The Hall–Kier alpha value is -2.11. The highest BCUT2D eigenvalue weighted by molar-refractivity contribution is 5.91. The SMILES string of the molecule is Cc1cc(CC(=O)Nc2cc([C@@]3(C)C[CH]CC3)[nH]n2)on1. The number of hydrogen-bond donors (Lipinski definition) is 2. The van der Waals surface area contributed by atoms with Gasteiger partial charge in [0.15, 0.2) is 5.82 Å². The molecule has 6 heteroatoms. The van der Waals surface area contributed by atoms with Crippen LogP contribution in [0.15, 0.2) is 16.7 Å². The van der Waals surface area contributed by atoms with Crippen LogP contribution in [0.3, 0.4) is 0 Å². The maximum atomic E-state index is 11.9. The summed E-state index contributed by atoms with van der Waals surface area (Å²) in [6, 6.07) is 3.67. The molecule has 1 aliphatic carbocycles. The van der Waals surface area contributed by atoms with Crippen molar-refractivity contribution in [2.45, 2.75) is 44.9 Å². The van der Waals surface area contributed by atoms with Crippen LogP contribution >= 0.6 is 0 Å². The zero-order valence-corrected chi connectivity index (χ0v) is 12.3. The summed E-state index contributed by atoms with van der Waals surface area (Å²) in [6.07, 6.45) is 5.74. The molecule has 2 heterocycles. The van der Waals surface area contributed by atoms with Crippen molar-refractivity contribution in [1.29, 1.82) is 0 Å². The van der Waals surface area contributed by atoms with Crippen LogP contribution in [0, 0.1) is 13.3 Å². The Morgan fingerprint density at radius 3 is 3.05 bits per heavy atom. The second-order valence-electron chi connectivity index (χ2n) is 5.92. The molecule has 0 unspecified atom stereocenters. The van der Waals surface area contributed by atoms with Crippen molar-refractivity contribution in [3.63, 3.8) is 0 Å². The minimum atomic E-state index is -0.160. The molecule has 0 spiro atoms. The molecule has 21 heavy (non-hydrogen) atoms. The van der Waals surface area contributed by atoms with E-state index in [9.17, 15) is 4.79 Å². The van der Waals surface area contributed by atoms with Gasteiger partial charge in [-0.1, -0.05) is 12.1 Å². The third kappa shape index (κ3) is 2.99. The highest BCUT2D eigenvalue weighted by Crippen LogP contribution is 2.39. The van der Waals surface area contributed by atoms with Crippen LogP contribution < -0.4 is 5.32 Å². The number of aromatic nitrogens is 3. The van der Waals surface area contributed by atoms with E-state index < -0.39 is 0 Å². The first-order chi connectivity index (χ1) is 10.0. The first kappa shape index (κ1) is 13.9. The molecule has 1 radical (unpaired) electrons. The number of aryl methyl sites for hydroxylation is 1. The fourth-order valence-corrected chi connectivity index (χ4v) is 2.73. The summed E-state index contributed by atoms with van der Waals surface area (Å²) in [7, 11) is 0. The number of amides is 1. The van der Waals surface area contributed by atoms with E-state index in [4.69, 9.17) is 4.52 Å². The highest BCUT2D eigenvalue weighted by atomic mass is 16.5. The minimum Gasteiger partial charge on any atom is -0.361 e. The highest BCUT2D eigenvalue weighted by Gasteiger charge is 2.32. The van der Waals surface area contributed by atoms with E-state index in [1.807, 2.05) is 13.0 Å². The average Bonchev–Trinajstić information content (AvgIpc) is 3.12. The van der Waals surface area contributed by atoms with Gasteiger partial charge in [-0.2, -0.15) is 5.10 Å². The average molecular weight is 287 g/mol. The Balaban J connectivity index is 1.63. The number of hydrogen-bond acceptors (Lipinski definition) is 4. The van der Waals surface area contributed by atoms with E-state index in [0.29, 0.717) is 11.6 Å². The topological polar surface area (TPSA) is 83.8 Å².